The van der Waals surface area contributed by atoms with Crippen LogP contribution >= 0.6 is 0 Å². The third kappa shape index (κ3) is 1.94. The smallest absolute Gasteiger partial charge is 0.278 e. The Morgan fingerprint density at radius 2 is 2.05 bits per heavy atom. The molecule has 1 saturated heterocycles. The SMILES string of the molecule is Cc1ccc2c(c1)NC(=O)C(C)(C(=O)N1CCCC1)O2. The second-order valence-electron chi connectivity index (χ2n) is 5.59. The van der Waals surface area contributed by atoms with Crippen molar-refractivity contribution < 1.29 is 14.3 Å². The minimum absolute atomic E-state index is 0.251. The minimum atomic E-state index is -1.47. The number of ether oxygens (including phenoxy) is 1. The fourth-order valence-electron chi connectivity index (χ4n) is 2.70. The quantitative estimate of drug-likeness (QED) is 0.793. The second-order valence-corrected chi connectivity index (χ2v) is 5.59. The molecule has 1 aromatic rings. The van der Waals surface area contributed by atoms with Crippen LogP contribution in [0.4, 0.5) is 5.69 Å². The lowest BCUT2D eigenvalue weighted by Gasteiger charge is -2.35. The predicted octanol–water partition coefficient (Wildman–Crippen LogP) is 1.71. The fourth-order valence-corrected chi connectivity index (χ4v) is 2.70. The number of aryl methyl sites for hydroxylation is 1. The first-order valence-corrected chi connectivity index (χ1v) is 6.91. The summed E-state index contributed by atoms with van der Waals surface area (Å²) in [6.45, 7) is 4.89. The monoisotopic (exact) mass is 274 g/mol. The van der Waals surface area contributed by atoms with E-state index in [1.165, 1.54) is 0 Å². The van der Waals surface area contributed by atoms with Crippen molar-refractivity contribution in [2.75, 3.05) is 18.4 Å². The largest absolute Gasteiger partial charge is 0.466 e. The lowest BCUT2D eigenvalue weighted by Crippen LogP contribution is -2.59. The third-order valence-corrected chi connectivity index (χ3v) is 3.93. The van der Waals surface area contributed by atoms with Crippen LogP contribution in [0.3, 0.4) is 0 Å². The lowest BCUT2D eigenvalue weighted by atomic mass is 10.0. The van der Waals surface area contributed by atoms with Crippen LogP contribution in [0.1, 0.15) is 25.3 Å². The Bertz CT molecular complexity index is 578. The van der Waals surface area contributed by atoms with E-state index in [4.69, 9.17) is 4.74 Å². The van der Waals surface area contributed by atoms with Crippen LogP contribution in [0, 0.1) is 6.92 Å². The molecule has 1 fully saturated rings. The van der Waals surface area contributed by atoms with Crippen LogP contribution in [0.25, 0.3) is 0 Å². The van der Waals surface area contributed by atoms with Gasteiger partial charge in [0.15, 0.2) is 0 Å². The Hall–Kier alpha value is -2.04. The van der Waals surface area contributed by atoms with Crippen LogP contribution in [-0.2, 0) is 9.59 Å². The molecule has 20 heavy (non-hydrogen) atoms. The normalized spacial score (nSPS) is 24.9. The van der Waals surface area contributed by atoms with Crippen LogP contribution in [-0.4, -0.2) is 35.4 Å². The number of likely N-dealkylation sites (tertiary alicyclic amines) is 1. The summed E-state index contributed by atoms with van der Waals surface area (Å²) in [5.74, 6) is -0.100. The molecule has 0 radical (unpaired) electrons. The van der Waals surface area contributed by atoms with E-state index in [9.17, 15) is 9.59 Å². The number of hydrogen-bond acceptors (Lipinski definition) is 3. The van der Waals surface area contributed by atoms with Crippen molar-refractivity contribution in [3.05, 3.63) is 23.8 Å². The van der Waals surface area contributed by atoms with Gasteiger partial charge < -0.3 is 15.0 Å². The molecule has 0 aliphatic carbocycles. The maximum absolute atomic E-state index is 12.5. The first-order chi connectivity index (χ1) is 9.50. The van der Waals surface area contributed by atoms with Gasteiger partial charge in [-0.2, -0.15) is 0 Å². The first-order valence-electron chi connectivity index (χ1n) is 6.91. The number of nitrogens with one attached hydrogen (secondary N) is 1. The summed E-state index contributed by atoms with van der Waals surface area (Å²) in [7, 11) is 0. The van der Waals surface area contributed by atoms with Crippen molar-refractivity contribution in [3.63, 3.8) is 0 Å². The number of anilines is 1. The van der Waals surface area contributed by atoms with E-state index >= 15 is 0 Å². The van der Waals surface area contributed by atoms with E-state index < -0.39 is 11.5 Å². The van der Waals surface area contributed by atoms with Gasteiger partial charge in [-0.3, -0.25) is 9.59 Å². The third-order valence-electron chi connectivity index (χ3n) is 3.93. The Kier molecular flexibility index (Phi) is 2.92. The summed E-state index contributed by atoms with van der Waals surface area (Å²) in [4.78, 5) is 26.6. The molecule has 1 N–H and O–H groups in total. The molecular weight excluding hydrogens is 256 g/mol. The summed E-state index contributed by atoms with van der Waals surface area (Å²) in [6, 6.07) is 5.53. The van der Waals surface area contributed by atoms with E-state index in [0.717, 1.165) is 18.4 Å². The van der Waals surface area contributed by atoms with Crippen LogP contribution in [0.5, 0.6) is 5.75 Å². The number of amides is 2. The molecule has 1 unspecified atom stereocenters. The highest BCUT2D eigenvalue weighted by Crippen LogP contribution is 2.35. The Balaban J connectivity index is 1.92. The Morgan fingerprint density at radius 3 is 2.75 bits per heavy atom. The number of rotatable bonds is 1. The molecule has 0 aromatic heterocycles. The highest BCUT2D eigenvalue weighted by atomic mass is 16.5. The number of benzene rings is 1. The van der Waals surface area contributed by atoms with Crippen molar-refractivity contribution in [1.29, 1.82) is 0 Å². The molecule has 106 valence electrons. The van der Waals surface area contributed by atoms with Gasteiger partial charge in [0.2, 0.25) is 0 Å². The van der Waals surface area contributed by atoms with Gasteiger partial charge in [-0.1, -0.05) is 6.07 Å². The highest BCUT2D eigenvalue weighted by Gasteiger charge is 2.49. The van der Waals surface area contributed by atoms with Crippen LogP contribution in [0.2, 0.25) is 0 Å². The molecule has 0 spiro atoms. The van der Waals surface area contributed by atoms with Crippen LogP contribution in [0.15, 0.2) is 18.2 Å². The molecule has 0 bridgehead atoms. The van der Waals surface area contributed by atoms with E-state index in [2.05, 4.69) is 5.32 Å². The summed E-state index contributed by atoms with van der Waals surface area (Å²) in [5, 5.41) is 2.78. The predicted molar refractivity (Wildman–Crippen MR) is 74.7 cm³/mol. The lowest BCUT2D eigenvalue weighted by molar-refractivity contribution is -0.153. The van der Waals surface area contributed by atoms with Crippen molar-refractivity contribution in [2.45, 2.75) is 32.3 Å². The van der Waals surface area contributed by atoms with Crippen molar-refractivity contribution in [1.82, 2.24) is 4.90 Å². The number of nitrogens with zero attached hydrogens (tertiary/aromatic N) is 1. The Morgan fingerprint density at radius 1 is 1.35 bits per heavy atom. The molecule has 2 amide bonds. The van der Waals surface area contributed by atoms with Gasteiger partial charge in [-0.05, 0) is 44.4 Å². The summed E-state index contributed by atoms with van der Waals surface area (Å²) < 4.78 is 5.76. The summed E-state index contributed by atoms with van der Waals surface area (Å²) in [5.41, 5.74) is 0.191. The van der Waals surface area contributed by atoms with Gasteiger partial charge in [-0.25, -0.2) is 0 Å². The van der Waals surface area contributed by atoms with E-state index in [1.54, 1.807) is 17.9 Å². The zero-order valence-electron chi connectivity index (χ0n) is 11.7. The standard InChI is InChI=1S/C15H18N2O3/c1-10-5-6-12-11(9-10)16-13(18)15(2,20-12)14(19)17-7-3-4-8-17/h5-6,9H,3-4,7-8H2,1-2H3,(H,16,18). The molecule has 1 aromatic carbocycles. The molecule has 2 aliphatic rings. The number of hydrogen-bond donors (Lipinski definition) is 1. The Labute approximate surface area is 117 Å². The zero-order valence-corrected chi connectivity index (χ0v) is 11.7. The van der Waals surface area contributed by atoms with Crippen molar-refractivity contribution in [2.24, 2.45) is 0 Å². The van der Waals surface area contributed by atoms with Gasteiger partial charge >= 0.3 is 0 Å². The van der Waals surface area contributed by atoms with E-state index in [0.29, 0.717) is 24.5 Å². The summed E-state index contributed by atoms with van der Waals surface area (Å²) in [6.07, 6.45) is 1.97. The van der Waals surface area contributed by atoms with Gasteiger partial charge in [0.05, 0.1) is 5.69 Å². The van der Waals surface area contributed by atoms with Gasteiger partial charge in [0.1, 0.15) is 5.75 Å². The highest BCUT2D eigenvalue weighted by molar-refractivity contribution is 6.15. The molecule has 5 heteroatoms. The topological polar surface area (TPSA) is 58.6 Å². The number of carbonyl (C=O) groups is 2. The van der Waals surface area contributed by atoms with Gasteiger partial charge in [-0.15, -0.1) is 0 Å². The molecule has 1 atom stereocenters. The van der Waals surface area contributed by atoms with Crippen molar-refractivity contribution in [3.8, 4) is 5.75 Å². The second kappa shape index (κ2) is 4.51. The van der Waals surface area contributed by atoms with E-state index in [1.807, 2.05) is 19.1 Å². The number of fused-ring (bicyclic) bond motifs is 1. The first kappa shape index (κ1) is 13.0. The molecule has 0 saturated carbocycles. The molecular formula is C15H18N2O3. The molecule has 3 rings (SSSR count). The minimum Gasteiger partial charge on any atom is -0.466 e. The maximum Gasteiger partial charge on any atom is 0.278 e. The average molecular weight is 274 g/mol. The van der Waals surface area contributed by atoms with Gasteiger partial charge in [0, 0.05) is 13.1 Å². The average Bonchev–Trinajstić information content (AvgIpc) is 2.93. The molecule has 2 aliphatic heterocycles. The molecule has 5 nitrogen and oxygen atoms in total. The summed E-state index contributed by atoms with van der Waals surface area (Å²) >= 11 is 0. The maximum atomic E-state index is 12.5. The van der Waals surface area contributed by atoms with Crippen LogP contribution < -0.4 is 10.1 Å². The van der Waals surface area contributed by atoms with Gasteiger partial charge in [0.25, 0.3) is 17.4 Å². The zero-order chi connectivity index (χ0) is 14.3. The fraction of sp³-hybridized carbons (Fsp3) is 0.467. The number of carbonyl (C=O) groups excluding carboxylic acids is 2. The molecule has 2 heterocycles. The van der Waals surface area contributed by atoms with Crippen molar-refractivity contribution >= 4 is 17.5 Å². The van der Waals surface area contributed by atoms with E-state index in [-0.39, 0.29) is 5.91 Å².